The number of H-pyrrole nitrogens is 2. The van der Waals surface area contributed by atoms with E-state index in [0.29, 0.717) is 34.0 Å². The van der Waals surface area contributed by atoms with Crippen molar-refractivity contribution >= 4 is 10.9 Å². The van der Waals surface area contributed by atoms with Crippen molar-refractivity contribution in [3.8, 4) is 39.8 Å². The van der Waals surface area contributed by atoms with Gasteiger partial charge in [0.05, 0.1) is 27.0 Å². The predicted molar refractivity (Wildman–Crippen MR) is 107 cm³/mol. The molecular weight excluding hydrogens is 377 g/mol. The molecule has 0 fully saturated rings. The summed E-state index contributed by atoms with van der Waals surface area (Å²) in [5, 5.41) is 0.793. The molecule has 0 aliphatic carbocycles. The lowest BCUT2D eigenvalue weighted by Crippen LogP contribution is -2.11. The third kappa shape index (κ3) is 3.18. The fraction of sp³-hybridized carbons (Fsp3) is 0.143. The molecule has 148 valence electrons. The molecule has 8 heteroatoms. The Labute approximate surface area is 165 Å². The van der Waals surface area contributed by atoms with E-state index in [0.717, 1.165) is 10.9 Å². The molecule has 2 N–H and O–H groups in total. The number of nitrogens with one attached hydrogen (secondary N) is 2. The van der Waals surface area contributed by atoms with Crippen LogP contribution in [-0.2, 0) is 0 Å². The third-order valence-corrected chi connectivity index (χ3v) is 4.65. The second-order valence-electron chi connectivity index (χ2n) is 6.27. The van der Waals surface area contributed by atoms with Crippen LogP contribution in [0, 0.1) is 5.82 Å². The van der Waals surface area contributed by atoms with Gasteiger partial charge in [0.25, 0.3) is 5.56 Å². The molecular formula is C21H18FN3O4. The van der Waals surface area contributed by atoms with Crippen molar-refractivity contribution in [1.82, 2.24) is 15.0 Å². The summed E-state index contributed by atoms with van der Waals surface area (Å²) in [4.78, 5) is 22.8. The van der Waals surface area contributed by atoms with E-state index in [9.17, 15) is 9.18 Å². The van der Waals surface area contributed by atoms with Crippen LogP contribution < -0.4 is 19.8 Å². The van der Waals surface area contributed by atoms with Crippen molar-refractivity contribution in [3.05, 3.63) is 58.9 Å². The Balaban J connectivity index is 1.89. The Morgan fingerprint density at radius 2 is 1.66 bits per heavy atom. The first-order chi connectivity index (χ1) is 14.0. The van der Waals surface area contributed by atoms with Gasteiger partial charge in [-0.25, -0.2) is 9.37 Å². The minimum Gasteiger partial charge on any atom is -0.493 e. The van der Waals surface area contributed by atoms with Crippen LogP contribution in [0.2, 0.25) is 0 Å². The summed E-state index contributed by atoms with van der Waals surface area (Å²) < 4.78 is 29.5. The van der Waals surface area contributed by atoms with Gasteiger partial charge in [-0.1, -0.05) is 0 Å². The van der Waals surface area contributed by atoms with Crippen molar-refractivity contribution in [3.63, 3.8) is 0 Å². The molecule has 0 unspecified atom stereocenters. The summed E-state index contributed by atoms with van der Waals surface area (Å²) in [5.41, 5.74) is 2.25. The molecule has 29 heavy (non-hydrogen) atoms. The van der Waals surface area contributed by atoms with E-state index in [1.54, 1.807) is 24.4 Å². The summed E-state index contributed by atoms with van der Waals surface area (Å²) in [6, 6.07) is 7.78. The van der Waals surface area contributed by atoms with Gasteiger partial charge in [0.2, 0.25) is 5.75 Å². The highest BCUT2D eigenvalue weighted by Crippen LogP contribution is 2.40. The van der Waals surface area contributed by atoms with Gasteiger partial charge in [0, 0.05) is 34.4 Å². The topological polar surface area (TPSA) is 89.2 Å². The molecule has 2 aromatic heterocycles. The molecule has 0 aliphatic heterocycles. The Hall–Kier alpha value is -3.81. The van der Waals surface area contributed by atoms with Crippen LogP contribution in [0.1, 0.15) is 0 Å². The highest BCUT2D eigenvalue weighted by Gasteiger charge is 2.18. The zero-order valence-electron chi connectivity index (χ0n) is 16.0. The van der Waals surface area contributed by atoms with Gasteiger partial charge in [-0.05, 0) is 30.3 Å². The van der Waals surface area contributed by atoms with Crippen LogP contribution >= 0.6 is 0 Å². The van der Waals surface area contributed by atoms with Gasteiger partial charge in [-0.15, -0.1) is 0 Å². The van der Waals surface area contributed by atoms with Crippen LogP contribution in [0.25, 0.3) is 33.4 Å². The lowest BCUT2D eigenvalue weighted by atomic mass is 10.1. The van der Waals surface area contributed by atoms with Crippen molar-refractivity contribution in [2.24, 2.45) is 0 Å². The molecule has 0 spiro atoms. The van der Waals surface area contributed by atoms with Gasteiger partial charge >= 0.3 is 0 Å². The van der Waals surface area contributed by atoms with Crippen LogP contribution in [0.15, 0.2) is 47.5 Å². The van der Waals surface area contributed by atoms with Crippen molar-refractivity contribution in [1.29, 1.82) is 0 Å². The SMILES string of the molecule is COc1cc(-c2nc(-c3c[nH]c4cc(F)ccc34)c[nH]c2=O)cc(OC)c1OC. The number of rotatable bonds is 5. The summed E-state index contributed by atoms with van der Waals surface area (Å²) in [5.74, 6) is 0.912. The smallest absolute Gasteiger partial charge is 0.274 e. The van der Waals surface area contributed by atoms with E-state index < -0.39 is 0 Å². The standard InChI is InChI=1S/C21H18FN3O4/c1-27-17-6-11(7-18(28-2)20(17)29-3)19-21(26)24-10-16(25-19)14-9-23-15-8-12(22)4-5-13(14)15/h4-10,23H,1-3H3,(H,24,26). The monoisotopic (exact) mass is 395 g/mol. The van der Waals surface area contributed by atoms with Gasteiger partial charge in [0.1, 0.15) is 11.5 Å². The van der Waals surface area contributed by atoms with E-state index in [4.69, 9.17) is 14.2 Å². The fourth-order valence-electron chi connectivity index (χ4n) is 3.27. The average molecular weight is 395 g/mol. The molecule has 0 bridgehead atoms. The predicted octanol–water partition coefficient (Wildman–Crippen LogP) is 3.75. The van der Waals surface area contributed by atoms with Gasteiger partial charge in [-0.3, -0.25) is 4.79 Å². The first-order valence-corrected chi connectivity index (χ1v) is 8.72. The fourth-order valence-corrected chi connectivity index (χ4v) is 3.27. The summed E-state index contributed by atoms with van der Waals surface area (Å²) in [6.07, 6.45) is 3.25. The Morgan fingerprint density at radius 3 is 2.31 bits per heavy atom. The molecule has 7 nitrogen and oxygen atoms in total. The quantitative estimate of drug-likeness (QED) is 0.537. The second kappa shape index (κ2) is 7.31. The Kier molecular flexibility index (Phi) is 4.67. The maximum absolute atomic E-state index is 13.5. The zero-order valence-corrected chi connectivity index (χ0v) is 16.0. The Morgan fingerprint density at radius 1 is 0.931 bits per heavy atom. The summed E-state index contributed by atoms with van der Waals surface area (Å²) in [6.45, 7) is 0. The van der Waals surface area contributed by atoms with Crippen molar-refractivity contribution in [2.75, 3.05) is 21.3 Å². The number of hydrogen-bond donors (Lipinski definition) is 2. The molecule has 0 saturated carbocycles. The first-order valence-electron chi connectivity index (χ1n) is 8.72. The Bertz CT molecular complexity index is 1240. The summed E-state index contributed by atoms with van der Waals surface area (Å²) in [7, 11) is 4.51. The lowest BCUT2D eigenvalue weighted by Gasteiger charge is -2.14. The number of aromatic nitrogens is 3. The average Bonchev–Trinajstić information content (AvgIpc) is 3.15. The maximum Gasteiger partial charge on any atom is 0.274 e. The lowest BCUT2D eigenvalue weighted by molar-refractivity contribution is 0.324. The number of hydrogen-bond acceptors (Lipinski definition) is 5. The van der Waals surface area contributed by atoms with Gasteiger partial charge in [-0.2, -0.15) is 0 Å². The second-order valence-corrected chi connectivity index (χ2v) is 6.27. The van der Waals surface area contributed by atoms with Crippen LogP contribution in [0.3, 0.4) is 0 Å². The first kappa shape index (κ1) is 18.5. The summed E-state index contributed by atoms with van der Waals surface area (Å²) >= 11 is 0. The largest absolute Gasteiger partial charge is 0.493 e. The third-order valence-electron chi connectivity index (χ3n) is 4.65. The number of benzene rings is 2. The van der Waals surface area contributed by atoms with E-state index >= 15 is 0 Å². The molecule has 0 radical (unpaired) electrons. The van der Waals surface area contributed by atoms with E-state index in [-0.39, 0.29) is 17.1 Å². The van der Waals surface area contributed by atoms with Crippen LogP contribution in [-0.4, -0.2) is 36.3 Å². The zero-order chi connectivity index (χ0) is 20.5. The number of aromatic amines is 2. The minimum absolute atomic E-state index is 0.193. The highest BCUT2D eigenvalue weighted by atomic mass is 19.1. The molecule has 2 heterocycles. The van der Waals surface area contributed by atoms with E-state index in [1.165, 1.54) is 39.7 Å². The number of halogens is 1. The van der Waals surface area contributed by atoms with Crippen LogP contribution in [0.5, 0.6) is 17.2 Å². The number of nitrogens with zero attached hydrogens (tertiary/aromatic N) is 1. The normalized spacial score (nSPS) is 10.9. The van der Waals surface area contributed by atoms with E-state index in [2.05, 4.69) is 15.0 Å². The molecule has 0 aliphatic rings. The van der Waals surface area contributed by atoms with Gasteiger partial charge in [0.15, 0.2) is 11.5 Å². The molecule has 4 rings (SSSR count). The van der Waals surface area contributed by atoms with Crippen molar-refractivity contribution < 1.29 is 18.6 Å². The number of ether oxygens (including phenoxy) is 3. The molecule has 0 amide bonds. The number of methoxy groups -OCH3 is 3. The van der Waals surface area contributed by atoms with Crippen LogP contribution in [0.4, 0.5) is 4.39 Å². The molecule has 4 aromatic rings. The van der Waals surface area contributed by atoms with Crippen molar-refractivity contribution in [2.45, 2.75) is 0 Å². The number of fused-ring (bicyclic) bond motifs is 1. The molecule has 0 saturated heterocycles. The minimum atomic E-state index is -0.367. The molecule has 2 aromatic carbocycles. The van der Waals surface area contributed by atoms with E-state index in [1.807, 2.05) is 0 Å². The highest BCUT2D eigenvalue weighted by molar-refractivity contribution is 5.94. The molecule has 0 atom stereocenters. The van der Waals surface area contributed by atoms with Gasteiger partial charge < -0.3 is 24.2 Å². The maximum atomic E-state index is 13.5.